The zero-order valence-corrected chi connectivity index (χ0v) is 19.3. The van der Waals surface area contributed by atoms with Gasteiger partial charge in [0.1, 0.15) is 5.75 Å². The van der Waals surface area contributed by atoms with Gasteiger partial charge in [-0.15, -0.1) is 0 Å². The summed E-state index contributed by atoms with van der Waals surface area (Å²) in [5.41, 5.74) is 2.91. The predicted octanol–water partition coefficient (Wildman–Crippen LogP) is 4.22. The number of hydrogen-bond acceptors (Lipinski definition) is 5. The Kier molecular flexibility index (Phi) is 6.28. The van der Waals surface area contributed by atoms with Gasteiger partial charge >= 0.3 is 0 Å². The first kappa shape index (κ1) is 22.6. The molecule has 3 aromatic carbocycles. The van der Waals surface area contributed by atoms with E-state index in [-0.39, 0.29) is 15.5 Å². The van der Waals surface area contributed by atoms with Gasteiger partial charge in [0.15, 0.2) is 0 Å². The Labute approximate surface area is 183 Å². The van der Waals surface area contributed by atoms with Crippen molar-refractivity contribution in [2.24, 2.45) is 0 Å². The standard InChI is InChI=1S/C22H24N2O5S2/c1-15-5-12-21(17(3)13-15)24-31(27,28)22-14-18(7-6-16(22)2)23-30(25,26)20-10-8-19(29-4)9-11-20/h5-14,23-24H,1-4H3. The highest BCUT2D eigenvalue weighted by atomic mass is 32.2. The third-order valence-corrected chi connectivity index (χ3v) is 7.63. The van der Waals surface area contributed by atoms with E-state index >= 15 is 0 Å². The summed E-state index contributed by atoms with van der Waals surface area (Å²) >= 11 is 0. The normalized spacial score (nSPS) is 11.7. The molecule has 3 aromatic rings. The van der Waals surface area contributed by atoms with Crippen molar-refractivity contribution in [2.45, 2.75) is 30.6 Å². The maximum atomic E-state index is 13.0. The molecule has 31 heavy (non-hydrogen) atoms. The van der Waals surface area contributed by atoms with Crippen LogP contribution in [-0.2, 0) is 20.0 Å². The van der Waals surface area contributed by atoms with Crippen molar-refractivity contribution in [1.82, 2.24) is 0 Å². The van der Waals surface area contributed by atoms with E-state index in [0.29, 0.717) is 17.0 Å². The van der Waals surface area contributed by atoms with Crippen LogP contribution >= 0.6 is 0 Å². The molecule has 0 aliphatic carbocycles. The molecule has 0 aromatic heterocycles. The predicted molar refractivity (Wildman–Crippen MR) is 122 cm³/mol. The van der Waals surface area contributed by atoms with E-state index in [1.165, 1.54) is 43.5 Å². The van der Waals surface area contributed by atoms with Gasteiger partial charge in [0.2, 0.25) is 0 Å². The van der Waals surface area contributed by atoms with Crippen LogP contribution in [0.3, 0.4) is 0 Å². The van der Waals surface area contributed by atoms with E-state index in [4.69, 9.17) is 4.74 Å². The van der Waals surface area contributed by atoms with Crippen LogP contribution in [0.2, 0.25) is 0 Å². The lowest BCUT2D eigenvalue weighted by molar-refractivity contribution is 0.414. The first-order chi connectivity index (χ1) is 14.5. The van der Waals surface area contributed by atoms with Crippen molar-refractivity contribution >= 4 is 31.4 Å². The molecule has 0 bridgehead atoms. The molecule has 7 nitrogen and oxygen atoms in total. The number of rotatable bonds is 7. The number of nitrogens with one attached hydrogen (secondary N) is 2. The Morgan fingerprint density at radius 2 is 1.39 bits per heavy atom. The quantitative estimate of drug-likeness (QED) is 0.550. The summed E-state index contributed by atoms with van der Waals surface area (Å²) in [5.74, 6) is 0.528. The van der Waals surface area contributed by atoms with Crippen molar-refractivity contribution in [1.29, 1.82) is 0 Å². The number of benzene rings is 3. The Bertz CT molecular complexity index is 1320. The molecule has 2 N–H and O–H groups in total. The van der Waals surface area contributed by atoms with Gasteiger partial charge in [-0.3, -0.25) is 9.44 Å². The molecule has 0 saturated carbocycles. The van der Waals surface area contributed by atoms with Crippen LogP contribution < -0.4 is 14.2 Å². The molecular weight excluding hydrogens is 436 g/mol. The molecule has 0 heterocycles. The monoisotopic (exact) mass is 460 g/mol. The Morgan fingerprint density at radius 3 is 2.00 bits per heavy atom. The minimum Gasteiger partial charge on any atom is -0.497 e. The third-order valence-electron chi connectivity index (χ3n) is 4.73. The molecule has 9 heteroatoms. The van der Waals surface area contributed by atoms with Gasteiger partial charge in [-0.1, -0.05) is 23.8 Å². The van der Waals surface area contributed by atoms with E-state index < -0.39 is 20.0 Å². The van der Waals surface area contributed by atoms with Gasteiger partial charge in [0.25, 0.3) is 20.0 Å². The Balaban J connectivity index is 1.91. The van der Waals surface area contributed by atoms with Crippen LogP contribution in [0.15, 0.2) is 70.5 Å². The molecule has 0 aliphatic heterocycles. The van der Waals surface area contributed by atoms with Crippen molar-refractivity contribution in [3.63, 3.8) is 0 Å². The number of hydrogen-bond donors (Lipinski definition) is 2. The smallest absolute Gasteiger partial charge is 0.262 e. The molecule has 0 aliphatic rings. The second kappa shape index (κ2) is 8.60. The molecule has 0 amide bonds. The largest absolute Gasteiger partial charge is 0.497 e. The molecule has 3 rings (SSSR count). The average Bonchev–Trinajstić information content (AvgIpc) is 2.71. The van der Waals surface area contributed by atoms with Crippen LogP contribution in [0, 0.1) is 20.8 Å². The fourth-order valence-corrected chi connectivity index (χ4v) is 5.50. The van der Waals surface area contributed by atoms with Gasteiger partial charge in [-0.25, -0.2) is 16.8 Å². The van der Waals surface area contributed by atoms with E-state index in [2.05, 4.69) is 9.44 Å². The maximum Gasteiger partial charge on any atom is 0.262 e. The highest BCUT2D eigenvalue weighted by molar-refractivity contribution is 7.93. The molecule has 164 valence electrons. The van der Waals surface area contributed by atoms with Crippen LogP contribution in [0.25, 0.3) is 0 Å². The van der Waals surface area contributed by atoms with Gasteiger partial charge in [-0.05, 0) is 74.4 Å². The highest BCUT2D eigenvalue weighted by Gasteiger charge is 2.21. The summed E-state index contributed by atoms with van der Waals surface area (Å²) in [6, 6.07) is 15.7. The number of aryl methyl sites for hydroxylation is 3. The number of sulfonamides is 2. The topological polar surface area (TPSA) is 102 Å². The van der Waals surface area contributed by atoms with Crippen LogP contribution in [0.4, 0.5) is 11.4 Å². The molecule has 0 radical (unpaired) electrons. The average molecular weight is 461 g/mol. The SMILES string of the molecule is COc1ccc(S(=O)(=O)Nc2ccc(C)c(S(=O)(=O)Nc3ccc(C)cc3C)c2)cc1. The van der Waals surface area contributed by atoms with Gasteiger partial charge in [-0.2, -0.15) is 0 Å². The molecule has 0 unspecified atom stereocenters. The van der Waals surface area contributed by atoms with E-state index in [9.17, 15) is 16.8 Å². The van der Waals surface area contributed by atoms with Crippen LogP contribution in [0.5, 0.6) is 5.75 Å². The Morgan fingerprint density at radius 1 is 0.710 bits per heavy atom. The summed E-state index contributed by atoms with van der Waals surface area (Å²) < 4.78 is 61.5. The van der Waals surface area contributed by atoms with Crippen LogP contribution in [-0.4, -0.2) is 23.9 Å². The van der Waals surface area contributed by atoms with E-state index in [1.807, 2.05) is 26.0 Å². The molecule has 0 atom stereocenters. The van der Waals surface area contributed by atoms with Crippen molar-refractivity contribution in [2.75, 3.05) is 16.6 Å². The van der Waals surface area contributed by atoms with Crippen molar-refractivity contribution < 1.29 is 21.6 Å². The molecular formula is C22H24N2O5S2. The van der Waals surface area contributed by atoms with E-state index in [0.717, 1.165) is 11.1 Å². The molecule has 0 saturated heterocycles. The maximum absolute atomic E-state index is 13.0. The zero-order chi connectivity index (χ0) is 22.8. The lowest BCUT2D eigenvalue weighted by Gasteiger charge is -2.15. The number of methoxy groups -OCH3 is 1. The zero-order valence-electron chi connectivity index (χ0n) is 17.6. The minimum atomic E-state index is -3.93. The summed E-state index contributed by atoms with van der Waals surface area (Å²) in [5, 5.41) is 0. The third kappa shape index (κ3) is 5.18. The summed E-state index contributed by atoms with van der Waals surface area (Å²) in [4.78, 5) is 0.0223. The molecule has 0 fully saturated rings. The van der Waals surface area contributed by atoms with Gasteiger partial charge in [0, 0.05) is 0 Å². The van der Waals surface area contributed by atoms with Crippen LogP contribution in [0.1, 0.15) is 16.7 Å². The summed E-state index contributed by atoms with van der Waals surface area (Å²) in [6.45, 7) is 5.39. The van der Waals surface area contributed by atoms with Gasteiger partial charge in [0.05, 0.1) is 28.3 Å². The number of ether oxygens (including phenoxy) is 1. The fourth-order valence-electron chi connectivity index (χ4n) is 3.05. The van der Waals surface area contributed by atoms with Crippen molar-refractivity contribution in [3.8, 4) is 5.75 Å². The second-order valence-corrected chi connectivity index (χ2v) is 10.5. The summed E-state index contributed by atoms with van der Waals surface area (Å²) in [6.07, 6.45) is 0. The summed E-state index contributed by atoms with van der Waals surface area (Å²) in [7, 11) is -6.35. The van der Waals surface area contributed by atoms with Crippen molar-refractivity contribution in [3.05, 3.63) is 77.4 Å². The fraction of sp³-hybridized carbons (Fsp3) is 0.182. The lowest BCUT2D eigenvalue weighted by atomic mass is 10.1. The van der Waals surface area contributed by atoms with Gasteiger partial charge < -0.3 is 4.74 Å². The Hall–Kier alpha value is -3.04. The second-order valence-electron chi connectivity index (χ2n) is 7.19. The first-order valence-corrected chi connectivity index (χ1v) is 12.4. The number of anilines is 2. The highest BCUT2D eigenvalue weighted by Crippen LogP contribution is 2.26. The molecule has 0 spiro atoms. The van der Waals surface area contributed by atoms with E-state index in [1.54, 1.807) is 19.1 Å². The first-order valence-electron chi connectivity index (χ1n) is 9.39. The lowest BCUT2D eigenvalue weighted by Crippen LogP contribution is -2.17. The minimum absolute atomic E-state index is 0.0117.